The van der Waals surface area contributed by atoms with Crippen molar-refractivity contribution in [1.29, 1.82) is 0 Å². The van der Waals surface area contributed by atoms with Gasteiger partial charge in [0.05, 0.1) is 25.8 Å². The van der Waals surface area contributed by atoms with Crippen LogP contribution in [0.4, 0.5) is 4.79 Å². The lowest BCUT2D eigenvalue weighted by atomic mass is 10.0. The molecule has 1 atom stereocenters. The topological polar surface area (TPSA) is 59.6 Å². The highest BCUT2D eigenvalue weighted by Gasteiger charge is 2.27. The number of carbonyl (C=O) groups is 1. The molecule has 17 heavy (non-hydrogen) atoms. The summed E-state index contributed by atoms with van der Waals surface area (Å²) in [6.45, 7) is 2.51. The normalized spacial score (nSPS) is 18.5. The molecule has 0 bridgehead atoms. The smallest absolute Gasteiger partial charge is 0.315 e. The van der Waals surface area contributed by atoms with Gasteiger partial charge >= 0.3 is 6.03 Å². The Hall–Kier alpha value is -1.91. The van der Waals surface area contributed by atoms with Crippen LogP contribution in [0.1, 0.15) is 17.2 Å². The molecular formula is C12H16N2O3. The molecule has 1 saturated heterocycles. The lowest BCUT2D eigenvalue weighted by molar-refractivity contribution is 0.247. The third-order valence-electron chi connectivity index (χ3n) is 2.81. The van der Waals surface area contributed by atoms with Gasteiger partial charge in [0, 0.05) is 6.54 Å². The first kappa shape index (κ1) is 11.6. The van der Waals surface area contributed by atoms with Gasteiger partial charge in [-0.3, -0.25) is 0 Å². The van der Waals surface area contributed by atoms with Crippen LogP contribution in [0.3, 0.4) is 0 Å². The number of rotatable bonds is 3. The lowest BCUT2D eigenvalue weighted by Gasteiger charge is -2.18. The van der Waals surface area contributed by atoms with Crippen LogP contribution < -0.4 is 20.1 Å². The third kappa shape index (κ3) is 2.13. The number of nitrogens with one attached hydrogen (secondary N) is 2. The maximum absolute atomic E-state index is 11.2. The summed E-state index contributed by atoms with van der Waals surface area (Å²) >= 11 is 0. The number of methoxy groups -OCH3 is 2. The van der Waals surface area contributed by atoms with Crippen molar-refractivity contribution in [1.82, 2.24) is 10.6 Å². The Bertz CT molecular complexity index is 420. The molecule has 0 spiro atoms. The van der Waals surface area contributed by atoms with E-state index in [1.807, 2.05) is 19.1 Å². The van der Waals surface area contributed by atoms with Gasteiger partial charge in [-0.15, -0.1) is 0 Å². The van der Waals surface area contributed by atoms with Gasteiger partial charge < -0.3 is 20.1 Å². The molecule has 1 aromatic rings. The maximum atomic E-state index is 11.2. The number of hydrogen-bond acceptors (Lipinski definition) is 3. The zero-order valence-corrected chi connectivity index (χ0v) is 10.2. The van der Waals surface area contributed by atoms with Crippen LogP contribution in [0.15, 0.2) is 12.1 Å². The Labute approximate surface area is 100 Å². The first-order valence-corrected chi connectivity index (χ1v) is 5.42. The number of amides is 2. The molecule has 1 aromatic carbocycles. The quantitative estimate of drug-likeness (QED) is 0.833. The van der Waals surface area contributed by atoms with Crippen molar-refractivity contribution in [3.05, 3.63) is 23.3 Å². The van der Waals surface area contributed by atoms with Gasteiger partial charge in [-0.05, 0) is 24.6 Å². The summed E-state index contributed by atoms with van der Waals surface area (Å²) in [5.41, 5.74) is 1.93. The highest BCUT2D eigenvalue weighted by Crippen LogP contribution is 2.36. The van der Waals surface area contributed by atoms with Gasteiger partial charge in [0.25, 0.3) is 0 Å². The molecule has 0 aliphatic carbocycles. The van der Waals surface area contributed by atoms with Gasteiger partial charge in [-0.25, -0.2) is 4.79 Å². The monoisotopic (exact) mass is 236 g/mol. The van der Waals surface area contributed by atoms with E-state index in [0.717, 1.165) is 22.6 Å². The van der Waals surface area contributed by atoms with Crippen molar-refractivity contribution in [2.75, 3.05) is 20.8 Å². The molecule has 2 N–H and O–H groups in total. The van der Waals surface area contributed by atoms with Gasteiger partial charge in [-0.2, -0.15) is 0 Å². The number of aryl methyl sites for hydroxylation is 1. The van der Waals surface area contributed by atoms with E-state index >= 15 is 0 Å². The molecule has 2 rings (SSSR count). The van der Waals surface area contributed by atoms with Gasteiger partial charge in [0.15, 0.2) is 0 Å². The molecule has 0 unspecified atom stereocenters. The van der Waals surface area contributed by atoms with Gasteiger partial charge in [0.1, 0.15) is 11.5 Å². The Balaban J connectivity index is 2.46. The molecule has 92 valence electrons. The van der Waals surface area contributed by atoms with Crippen molar-refractivity contribution in [3.63, 3.8) is 0 Å². The summed E-state index contributed by atoms with van der Waals surface area (Å²) in [5.74, 6) is 1.46. The van der Waals surface area contributed by atoms with E-state index in [-0.39, 0.29) is 12.1 Å². The molecule has 1 heterocycles. The number of benzene rings is 1. The Kier molecular flexibility index (Phi) is 3.08. The minimum Gasteiger partial charge on any atom is -0.496 e. The zero-order chi connectivity index (χ0) is 12.4. The molecular weight excluding hydrogens is 220 g/mol. The van der Waals surface area contributed by atoms with E-state index in [9.17, 15) is 4.79 Å². The summed E-state index contributed by atoms with van der Waals surface area (Å²) in [6.07, 6.45) is 0. The molecule has 0 aromatic heterocycles. The third-order valence-corrected chi connectivity index (χ3v) is 2.81. The van der Waals surface area contributed by atoms with Crippen LogP contribution in [0.5, 0.6) is 11.5 Å². The van der Waals surface area contributed by atoms with Gasteiger partial charge in [0.2, 0.25) is 0 Å². The number of urea groups is 1. The van der Waals surface area contributed by atoms with Crippen molar-refractivity contribution >= 4 is 6.03 Å². The molecule has 5 nitrogen and oxygen atoms in total. The highest BCUT2D eigenvalue weighted by molar-refractivity contribution is 5.77. The predicted octanol–water partition coefficient (Wildman–Crippen LogP) is 1.37. The Morgan fingerprint density at radius 1 is 1.24 bits per heavy atom. The summed E-state index contributed by atoms with van der Waals surface area (Å²) in [7, 11) is 3.23. The van der Waals surface area contributed by atoms with Crippen molar-refractivity contribution < 1.29 is 14.3 Å². The average Bonchev–Trinajstić information content (AvgIpc) is 2.74. The molecule has 0 radical (unpaired) electrons. The fourth-order valence-electron chi connectivity index (χ4n) is 2.04. The average molecular weight is 236 g/mol. The van der Waals surface area contributed by atoms with E-state index in [1.165, 1.54) is 0 Å². The first-order valence-electron chi connectivity index (χ1n) is 5.42. The van der Waals surface area contributed by atoms with Crippen LogP contribution in [0.2, 0.25) is 0 Å². The standard InChI is InChI=1S/C12H16N2O3/c1-7-4-9(16-2)11(10(5-7)17-3)8-6-13-12(15)14-8/h4-5,8H,6H2,1-3H3,(H2,13,14,15)/t8-/m1/s1. The molecule has 1 aliphatic rings. The highest BCUT2D eigenvalue weighted by atomic mass is 16.5. The van der Waals surface area contributed by atoms with Crippen LogP contribution >= 0.6 is 0 Å². The van der Waals surface area contributed by atoms with Gasteiger partial charge in [-0.1, -0.05) is 0 Å². The van der Waals surface area contributed by atoms with E-state index in [0.29, 0.717) is 6.54 Å². The van der Waals surface area contributed by atoms with Crippen LogP contribution in [-0.2, 0) is 0 Å². The summed E-state index contributed by atoms with van der Waals surface area (Å²) in [6, 6.07) is 3.58. The fourth-order valence-corrected chi connectivity index (χ4v) is 2.04. The van der Waals surface area contributed by atoms with Crippen LogP contribution in [-0.4, -0.2) is 26.8 Å². The predicted molar refractivity (Wildman–Crippen MR) is 63.6 cm³/mol. The van der Waals surface area contributed by atoms with Crippen LogP contribution in [0.25, 0.3) is 0 Å². The zero-order valence-electron chi connectivity index (χ0n) is 10.2. The fraction of sp³-hybridized carbons (Fsp3) is 0.417. The minimum absolute atomic E-state index is 0.118. The largest absolute Gasteiger partial charge is 0.496 e. The summed E-state index contributed by atoms with van der Waals surface area (Å²) in [4.78, 5) is 11.2. The minimum atomic E-state index is -0.167. The first-order chi connectivity index (χ1) is 8.15. The van der Waals surface area contributed by atoms with E-state index in [4.69, 9.17) is 9.47 Å². The van der Waals surface area contributed by atoms with E-state index in [2.05, 4.69) is 10.6 Å². The van der Waals surface area contributed by atoms with E-state index < -0.39 is 0 Å². The number of hydrogen-bond donors (Lipinski definition) is 2. The second-order valence-corrected chi connectivity index (χ2v) is 3.99. The van der Waals surface area contributed by atoms with Crippen molar-refractivity contribution in [2.24, 2.45) is 0 Å². The number of carbonyl (C=O) groups excluding carboxylic acids is 1. The Morgan fingerprint density at radius 3 is 2.24 bits per heavy atom. The Morgan fingerprint density at radius 2 is 1.82 bits per heavy atom. The summed E-state index contributed by atoms with van der Waals surface area (Å²) < 4.78 is 10.7. The van der Waals surface area contributed by atoms with E-state index in [1.54, 1.807) is 14.2 Å². The maximum Gasteiger partial charge on any atom is 0.315 e. The molecule has 0 saturated carbocycles. The molecule has 2 amide bonds. The van der Waals surface area contributed by atoms with Crippen molar-refractivity contribution in [3.8, 4) is 11.5 Å². The second-order valence-electron chi connectivity index (χ2n) is 3.99. The van der Waals surface area contributed by atoms with Crippen LogP contribution in [0, 0.1) is 6.92 Å². The lowest BCUT2D eigenvalue weighted by Crippen LogP contribution is -2.22. The molecule has 5 heteroatoms. The molecule has 1 aliphatic heterocycles. The summed E-state index contributed by atoms with van der Waals surface area (Å²) in [5, 5.41) is 5.55. The second kappa shape index (κ2) is 4.53. The van der Waals surface area contributed by atoms with Crippen molar-refractivity contribution in [2.45, 2.75) is 13.0 Å². The molecule has 1 fully saturated rings. The number of ether oxygens (including phenoxy) is 2. The SMILES string of the molecule is COc1cc(C)cc(OC)c1[C@H]1CNC(=O)N1.